The molecule has 120 valence electrons. The van der Waals surface area contributed by atoms with Gasteiger partial charge in [-0.1, -0.05) is 36.8 Å². The van der Waals surface area contributed by atoms with Crippen molar-refractivity contribution in [2.45, 2.75) is 44.6 Å². The molecule has 3 N–H and O–H groups in total. The number of nitrogens with two attached hydrogens (primary N) is 1. The molecule has 1 aliphatic heterocycles. The Hall–Kier alpha value is -1.55. The van der Waals surface area contributed by atoms with E-state index in [0.29, 0.717) is 17.5 Å². The summed E-state index contributed by atoms with van der Waals surface area (Å²) >= 11 is 0. The molecule has 1 aromatic carbocycles. The molecular formula is C18H27N3O. The average molecular weight is 301 g/mol. The highest BCUT2D eigenvalue weighted by molar-refractivity contribution is 5.77. The molecule has 0 aromatic heterocycles. The maximum absolute atomic E-state index is 6.01. The van der Waals surface area contributed by atoms with Crippen molar-refractivity contribution >= 4 is 5.96 Å². The molecular weight excluding hydrogens is 274 g/mol. The van der Waals surface area contributed by atoms with E-state index in [0.717, 1.165) is 39.0 Å². The molecule has 1 saturated carbocycles. The van der Waals surface area contributed by atoms with Crippen LogP contribution in [0.5, 0.6) is 0 Å². The molecule has 0 spiro atoms. The van der Waals surface area contributed by atoms with Crippen LogP contribution < -0.4 is 11.1 Å². The van der Waals surface area contributed by atoms with E-state index >= 15 is 0 Å². The van der Waals surface area contributed by atoms with E-state index in [2.05, 4.69) is 40.6 Å². The average Bonchev–Trinajstić information content (AvgIpc) is 3.02. The Labute approximate surface area is 133 Å². The third-order valence-electron chi connectivity index (χ3n) is 4.96. The summed E-state index contributed by atoms with van der Waals surface area (Å²) < 4.78 is 5.59. The van der Waals surface area contributed by atoms with E-state index in [9.17, 15) is 0 Å². The van der Waals surface area contributed by atoms with Crippen molar-refractivity contribution in [3.63, 3.8) is 0 Å². The van der Waals surface area contributed by atoms with Gasteiger partial charge >= 0.3 is 0 Å². The predicted octanol–water partition coefficient (Wildman–Crippen LogP) is 2.48. The Balaban J connectivity index is 1.50. The van der Waals surface area contributed by atoms with Crippen LogP contribution in [0.3, 0.4) is 0 Å². The molecule has 1 heterocycles. The van der Waals surface area contributed by atoms with Crippen LogP contribution in [0.2, 0.25) is 0 Å². The van der Waals surface area contributed by atoms with Gasteiger partial charge in [0.1, 0.15) is 0 Å². The highest BCUT2D eigenvalue weighted by Crippen LogP contribution is 2.43. The van der Waals surface area contributed by atoms with Crippen molar-refractivity contribution in [2.24, 2.45) is 16.1 Å². The topological polar surface area (TPSA) is 59.6 Å². The zero-order valence-electron chi connectivity index (χ0n) is 13.3. The fraction of sp³-hybridized carbons (Fsp3) is 0.611. The molecule has 2 aliphatic rings. The monoisotopic (exact) mass is 301 g/mol. The minimum Gasteiger partial charge on any atom is -0.376 e. The van der Waals surface area contributed by atoms with Crippen molar-refractivity contribution in [3.8, 4) is 0 Å². The van der Waals surface area contributed by atoms with Crippen LogP contribution in [-0.2, 0) is 11.2 Å². The maximum Gasteiger partial charge on any atom is 0.188 e. The first kappa shape index (κ1) is 15.3. The van der Waals surface area contributed by atoms with Gasteiger partial charge in [0.15, 0.2) is 5.96 Å². The zero-order valence-corrected chi connectivity index (χ0v) is 13.3. The Morgan fingerprint density at radius 1 is 1.27 bits per heavy atom. The van der Waals surface area contributed by atoms with Crippen molar-refractivity contribution < 1.29 is 4.74 Å². The second-order valence-corrected chi connectivity index (χ2v) is 6.73. The van der Waals surface area contributed by atoms with Crippen molar-refractivity contribution in [1.82, 2.24) is 5.32 Å². The van der Waals surface area contributed by atoms with Crippen molar-refractivity contribution in [1.29, 1.82) is 0 Å². The van der Waals surface area contributed by atoms with Gasteiger partial charge in [0.05, 0.1) is 6.10 Å². The lowest BCUT2D eigenvalue weighted by Gasteiger charge is -2.41. The minimum absolute atomic E-state index is 0.302. The van der Waals surface area contributed by atoms with E-state index in [1.165, 1.54) is 24.8 Å². The van der Waals surface area contributed by atoms with E-state index < -0.39 is 0 Å². The molecule has 1 unspecified atom stereocenters. The van der Waals surface area contributed by atoms with Crippen LogP contribution >= 0.6 is 0 Å². The van der Waals surface area contributed by atoms with Gasteiger partial charge < -0.3 is 15.8 Å². The number of rotatable bonds is 6. The Morgan fingerprint density at radius 3 is 2.73 bits per heavy atom. The summed E-state index contributed by atoms with van der Waals surface area (Å²) in [7, 11) is 0. The molecule has 1 aliphatic carbocycles. The van der Waals surface area contributed by atoms with Gasteiger partial charge in [-0.25, -0.2) is 0 Å². The summed E-state index contributed by atoms with van der Waals surface area (Å²) in [6.07, 6.45) is 7.51. The van der Waals surface area contributed by atoms with E-state index in [1.54, 1.807) is 0 Å². The molecule has 0 bridgehead atoms. The van der Waals surface area contributed by atoms with Gasteiger partial charge in [-0.3, -0.25) is 4.99 Å². The van der Waals surface area contributed by atoms with E-state index in [4.69, 9.17) is 10.5 Å². The molecule has 0 amide bonds. The molecule has 4 nitrogen and oxygen atoms in total. The molecule has 3 rings (SSSR count). The lowest BCUT2D eigenvalue weighted by molar-refractivity contribution is 0.113. The standard InChI is InChI=1S/C18H27N3O/c19-17(20-13-16-8-4-11-22-16)21-14-18(9-5-10-18)12-15-6-2-1-3-7-15/h1-3,6-7,16H,4-5,8-14H2,(H3,19,20,21). The number of aliphatic imine (C=N–C) groups is 1. The van der Waals surface area contributed by atoms with Crippen LogP contribution in [0, 0.1) is 5.41 Å². The zero-order chi connectivity index (χ0) is 15.3. The fourth-order valence-corrected chi connectivity index (χ4v) is 3.43. The summed E-state index contributed by atoms with van der Waals surface area (Å²) in [5.41, 5.74) is 7.74. The SMILES string of the molecule is NC(=NCC1(Cc2ccccc2)CCC1)NCC1CCCO1. The summed E-state index contributed by atoms with van der Waals surface area (Å²) in [5.74, 6) is 0.565. The first-order valence-electron chi connectivity index (χ1n) is 8.45. The predicted molar refractivity (Wildman–Crippen MR) is 89.9 cm³/mol. The van der Waals surface area contributed by atoms with E-state index in [-0.39, 0.29) is 0 Å². The lowest BCUT2D eigenvalue weighted by atomic mass is 9.65. The largest absolute Gasteiger partial charge is 0.376 e. The molecule has 1 saturated heterocycles. The number of nitrogens with zero attached hydrogens (tertiary/aromatic N) is 1. The summed E-state index contributed by atoms with van der Waals surface area (Å²) in [6, 6.07) is 10.7. The second kappa shape index (κ2) is 7.14. The summed E-state index contributed by atoms with van der Waals surface area (Å²) in [5, 5.41) is 3.21. The van der Waals surface area contributed by atoms with Gasteiger partial charge in [0.25, 0.3) is 0 Å². The van der Waals surface area contributed by atoms with E-state index in [1.807, 2.05) is 0 Å². The first-order chi connectivity index (χ1) is 10.8. The molecule has 0 radical (unpaired) electrons. The molecule has 22 heavy (non-hydrogen) atoms. The number of benzene rings is 1. The van der Waals surface area contributed by atoms with Crippen LogP contribution in [0.4, 0.5) is 0 Å². The molecule has 1 atom stereocenters. The van der Waals surface area contributed by atoms with Crippen LogP contribution in [-0.4, -0.2) is 31.8 Å². The highest BCUT2D eigenvalue weighted by Gasteiger charge is 2.36. The smallest absolute Gasteiger partial charge is 0.188 e. The molecule has 2 fully saturated rings. The molecule has 1 aromatic rings. The van der Waals surface area contributed by atoms with Crippen molar-refractivity contribution in [2.75, 3.05) is 19.7 Å². The number of ether oxygens (including phenoxy) is 1. The fourth-order valence-electron chi connectivity index (χ4n) is 3.43. The lowest BCUT2D eigenvalue weighted by Crippen LogP contribution is -2.40. The number of guanidine groups is 1. The van der Waals surface area contributed by atoms with Gasteiger partial charge in [-0.2, -0.15) is 0 Å². The maximum atomic E-state index is 6.01. The summed E-state index contributed by atoms with van der Waals surface area (Å²) in [6.45, 7) is 2.48. The van der Waals surface area contributed by atoms with Crippen LogP contribution in [0.1, 0.15) is 37.7 Å². The Morgan fingerprint density at radius 2 is 2.09 bits per heavy atom. The normalized spacial score (nSPS) is 24.0. The summed E-state index contributed by atoms with van der Waals surface area (Å²) in [4.78, 5) is 4.60. The number of hydrogen-bond acceptors (Lipinski definition) is 2. The van der Waals surface area contributed by atoms with Gasteiger partial charge in [-0.05, 0) is 43.1 Å². The minimum atomic E-state index is 0.302. The number of nitrogens with one attached hydrogen (secondary N) is 1. The number of hydrogen-bond donors (Lipinski definition) is 2. The third-order valence-corrected chi connectivity index (χ3v) is 4.96. The van der Waals surface area contributed by atoms with Crippen LogP contribution in [0.15, 0.2) is 35.3 Å². The second-order valence-electron chi connectivity index (χ2n) is 6.73. The van der Waals surface area contributed by atoms with Crippen molar-refractivity contribution in [3.05, 3.63) is 35.9 Å². The highest BCUT2D eigenvalue weighted by atomic mass is 16.5. The Bertz CT molecular complexity index is 490. The van der Waals surface area contributed by atoms with Crippen LogP contribution in [0.25, 0.3) is 0 Å². The molecule has 4 heteroatoms. The van der Waals surface area contributed by atoms with Gasteiger partial charge in [0, 0.05) is 19.7 Å². The van der Waals surface area contributed by atoms with Gasteiger partial charge in [0.2, 0.25) is 0 Å². The quantitative estimate of drug-likeness (QED) is 0.627. The van der Waals surface area contributed by atoms with Gasteiger partial charge in [-0.15, -0.1) is 0 Å². The third kappa shape index (κ3) is 4.01. The Kier molecular flexibility index (Phi) is 4.98. The first-order valence-corrected chi connectivity index (χ1v) is 8.45.